The molecule has 92 valence electrons. The quantitative estimate of drug-likeness (QED) is 0.840. The van der Waals surface area contributed by atoms with Crippen LogP contribution in [0.3, 0.4) is 0 Å². The highest BCUT2D eigenvalue weighted by Gasteiger charge is 2.09. The SMILES string of the molecule is COC(=O)CNC(=O)Oc1ccc(Cl)cc1C. The van der Waals surface area contributed by atoms with Crippen LogP contribution in [-0.4, -0.2) is 25.7 Å². The van der Waals surface area contributed by atoms with Gasteiger partial charge < -0.3 is 14.8 Å². The number of halogens is 1. The predicted octanol–water partition coefficient (Wildman–Crippen LogP) is 1.91. The van der Waals surface area contributed by atoms with Gasteiger partial charge in [-0.05, 0) is 30.7 Å². The second-order valence-corrected chi connectivity index (χ2v) is 3.67. The average Bonchev–Trinajstić information content (AvgIpc) is 2.29. The van der Waals surface area contributed by atoms with Crippen molar-refractivity contribution >= 4 is 23.7 Å². The van der Waals surface area contributed by atoms with Crippen LogP contribution in [0, 0.1) is 6.92 Å². The lowest BCUT2D eigenvalue weighted by molar-refractivity contribution is -0.139. The van der Waals surface area contributed by atoms with Crippen LogP contribution < -0.4 is 10.1 Å². The van der Waals surface area contributed by atoms with Crippen LogP contribution in [0.25, 0.3) is 0 Å². The molecule has 1 aromatic carbocycles. The Morgan fingerprint density at radius 3 is 2.71 bits per heavy atom. The van der Waals surface area contributed by atoms with Gasteiger partial charge in [0.1, 0.15) is 12.3 Å². The Hall–Kier alpha value is -1.75. The summed E-state index contributed by atoms with van der Waals surface area (Å²) in [6, 6.07) is 4.86. The minimum absolute atomic E-state index is 0.234. The van der Waals surface area contributed by atoms with Crippen molar-refractivity contribution < 1.29 is 19.1 Å². The molecule has 0 aliphatic rings. The molecule has 5 nitrogen and oxygen atoms in total. The maximum absolute atomic E-state index is 11.3. The molecular formula is C11H12ClNO4. The molecule has 0 atom stereocenters. The molecule has 0 radical (unpaired) electrons. The molecule has 17 heavy (non-hydrogen) atoms. The number of hydrogen-bond donors (Lipinski definition) is 1. The molecule has 0 heterocycles. The average molecular weight is 258 g/mol. The van der Waals surface area contributed by atoms with Gasteiger partial charge in [-0.2, -0.15) is 0 Å². The maximum Gasteiger partial charge on any atom is 0.413 e. The van der Waals surface area contributed by atoms with Crippen molar-refractivity contribution in [2.75, 3.05) is 13.7 Å². The van der Waals surface area contributed by atoms with Crippen molar-refractivity contribution in [2.24, 2.45) is 0 Å². The Labute approximate surface area is 104 Å². The zero-order valence-corrected chi connectivity index (χ0v) is 10.2. The molecule has 0 saturated heterocycles. The molecule has 0 saturated carbocycles. The fraction of sp³-hybridized carbons (Fsp3) is 0.273. The highest BCUT2D eigenvalue weighted by atomic mass is 35.5. The van der Waals surface area contributed by atoms with E-state index in [4.69, 9.17) is 16.3 Å². The van der Waals surface area contributed by atoms with Crippen molar-refractivity contribution in [3.8, 4) is 5.75 Å². The first-order valence-corrected chi connectivity index (χ1v) is 5.19. The summed E-state index contributed by atoms with van der Waals surface area (Å²) in [6.45, 7) is 1.52. The maximum atomic E-state index is 11.3. The topological polar surface area (TPSA) is 64.6 Å². The highest BCUT2D eigenvalue weighted by molar-refractivity contribution is 6.30. The van der Waals surface area contributed by atoms with E-state index in [-0.39, 0.29) is 6.54 Å². The largest absolute Gasteiger partial charge is 0.468 e. The molecule has 0 bridgehead atoms. The van der Waals surface area contributed by atoms with Gasteiger partial charge in [-0.25, -0.2) is 4.79 Å². The number of carbonyl (C=O) groups is 2. The first-order chi connectivity index (χ1) is 8.02. The number of ether oxygens (including phenoxy) is 2. The van der Waals surface area contributed by atoms with Crippen LogP contribution in [0.1, 0.15) is 5.56 Å². The minimum atomic E-state index is -0.721. The van der Waals surface area contributed by atoms with E-state index in [1.165, 1.54) is 7.11 Å². The van der Waals surface area contributed by atoms with Crippen LogP contribution in [0.5, 0.6) is 5.75 Å². The lowest BCUT2D eigenvalue weighted by Crippen LogP contribution is -2.32. The first-order valence-electron chi connectivity index (χ1n) is 4.81. The Kier molecular flexibility index (Phi) is 4.78. The molecular weight excluding hydrogens is 246 g/mol. The third-order valence-electron chi connectivity index (χ3n) is 1.94. The van der Waals surface area contributed by atoms with Crippen molar-refractivity contribution in [3.05, 3.63) is 28.8 Å². The van der Waals surface area contributed by atoms with Crippen molar-refractivity contribution in [1.29, 1.82) is 0 Å². The lowest BCUT2D eigenvalue weighted by Gasteiger charge is -2.08. The molecule has 0 aliphatic carbocycles. The lowest BCUT2D eigenvalue weighted by atomic mass is 10.2. The van der Waals surface area contributed by atoms with E-state index < -0.39 is 12.1 Å². The van der Waals surface area contributed by atoms with Gasteiger partial charge in [0.15, 0.2) is 0 Å². The normalized spacial score (nSPS) is 9.59. The summed E-state index contributed by atoms with van der Waals surface area (Å²) in [7, 11) is 1.23. The summed E-state index contributed by atoms with van der Waals surface area (Å²) in [5, 5.41) is 2.81. The van der Waals surface area contributed by atoms with E-state index in [1.807, 2.05) is 0 Å². The zero-order chi connectivity index (χ0) is 12.8. The Balaban J connectivity index is 2.53. The standard InChI is InChI=1S/C11H12ClNO4/c1-7-5-8(12)3-4-9(7)17-11(15)13-6-10(14)16-2/h3-5H,6H2,1-2H3,(H,13,15). The molecule has 6 heteroatoms. The molecule has 0 aliphatic heterocycles. The number of methoxy groups -OCH3 is 1. The van der Waals surface area contributed by atoms with Gasteiger partial charge in [-0.1, -0.05) is 11.6 Å². The first kappa shape index (κ1) is 13.3. The molecule has 0 fully saturated rings. The Morgan fingerprint density at radius 2 is 2.12 bits per heavy atom. The second kappa shape index (κ2) is 6.10. The summed E-state index contributed by atoms with van der Waals surface area (Å²) in [5.74, 6) is -0.161. The third kappa shape index (κ3) is 4.32. The highest BCUT2D eigenvalue weighted by Crippen LogP contribution is 2.21. The molecule has 0 unspecified atom stereocenters. The molecule has 0 aromatic heterocycles. The van der Waals surface area contributed by atoms with Crippen LogP contribution in [0.2, 0.25) is 5.02 Å². The van der Waals surface area contributed by atoms with Gasteiger partial charge in [0.05, 0.1) is 7.11 Å². The molecule has 0 spiro atoms. The third-order valence-corrected chi connectivity index (χ3v) is 2.18. The number of rotatable bonds is 3. The number of hydrogen-bond acceptors (Lipinski definition) is 4. The fourth-order valence-corrected chi connectivity index (χ4v) is 1.31. The smallest absolute Gasteiger partial charge is 0.413 e. The van der Waals surface area contributed by atoms with Gasteiger partial charge >= 0.3 is 12.1 Å². The number of esters is 1. The summed E-state index contributed by atoms with van der Waals surface area (Å²) in [6.07, 6.45) is -0.721. The van der Waals surface area contributed by atoms with Crippen molar-refractivity contribution in [1.82, 2.24) is 5.32 Å². The summed E-state index contributed by atoms with van der Waals surface area (Å²) < 4.78 is 9.34. The zero-order valence-electron chi connectivity index (χ0n) is 9.45. The summed E-state index contributed by atoms with van der Waals surface area (Å²) >= 11 is 5.76. The monoisotopic (exact) mass is 257 g/mol. The van der Waals surface area contributed by atoms with E-state index in [1.54, 1.807) is 25.1 Å². The Bertz CT molecular complexity index is 433. The number of aryl methyl sites for hydroxylation is 1. The number of benzene rings is 1. The van der Waals surface area contributed by atoms with Gasteiger partial charge in [-0.3, -0.25) is 4.79 Å². The van der Waals surface area contributed by atoms with E-state index in [2.05, 4.69) is 10.1 Å². The number of carbonyl (C=O) groups excluding carboxylic acids is 2. The van der Waals surface area contributed by atoms with E-state index >= 15 is 0 Å². The van der Waals surface area contributed by atoms with Crippen LogP contribution in [0.15, 0.2) is 18.2 Å². The Morgan fingerprint density at radius 1 is 1.41 bits per heavy atom. The number of nitrogens with one attached hydrogen (secondary N) is 1. The fourth-order valence-electron chi connectivity index (χ4n) is 1.08. The van der Waals surface area contributed by atoms with Crippen LogP contribution >= 0.6 is 11.6 Å². The molecule has 1 N–H and O–H groups in total. The molecule has 1 amide bonds. The van der Waals surface area contributed by atoms with Gasteiger partial charge in [0.2, 0.25) is 0 Å². The van der Waals surface area contributed by atoms with Crippen LogP contribution in [0.4, 0.5) is 4.79 Å². The molecule has 1 aromatic rings. The van der Waals surface area contributed by atoms with E-state index in [0.717, 1.165) is 5.56 Å². The van der Waals surface area contributed by atoms with E-state index in [9.17, 15) is 9.59 Å². The second-order valence-electron chi connectivity index (χ2n) is 3.23. The van der Waals surface area contributed by atoms with Gasteiger partial charge in [0.25, 0.3) is 0 Å². The summed E-state index contributed by atoms with van der Waals surface area (Å²) in [5.41, 5.74) is 0.728. The minimum Gasteiger partial charge on any atom is -0.468 e. The van der Waals surface area contributed by atoms with Gasteiger partial charge in [0, 0.05) is 5.02 Å². The van der Waals surface area contributed by atoms with E-state index in [0.29, 0.717) is 10.8 Å². The molecule has 1 rings (SSSR count). The van der Waals surface area contributed by atoms with Crippen molar-refractivity contribution in [2.45, 2.75) is 6.92 Å². The van der Waals surface area contributed by atoms with Crippen molar-refractivity contribution in [3.63, 3.8) is 0 Å². The van der Waals surface area contributed by atoms with Gasteiger partial charge in [-0.15, -0.1) is 0 Å². The van der Waals surface area contributed by atoms with Crippen LogP contribution in [-0.2, 0) is 9.53 Å². The predicted molar refractivity (Wildman–Crippen MR) is 62.2 cm³/mol. The summed E-state index contributed by atoms with van der Waals surface area (Å²) in [4.78, 5) is 22.1. The number of amides is 1.